The van der Waals surface area contributed by atoms with Gasteiger partial charge in [-0.3, -0.25) is 4.79 Å². The van der Waals surface area contributed by atoms with Crippen LogP contribution in [-0.2, 0) is 9.53 Å². The summed E-state index contributed by atoms with van der Waals surface area (Å²) >= 11 is 0. The molecule has 0 rings (SSSR count). The molecule has 20 heavy (non-hydrogen) atoms. The van der Waals surface area contributed by atoms with Crippen molar-refractivity contribution in [3.05, 3.63) is 12.7 Å². The van der Waals surface area contributed by atoms with Crippen LogP contribution in [0.2, 0.25) is 0 Å². The lowest BCUT2D eigenvalue weighted by Crippen LogP contribution is -2.17. The Labute approximate surface area is 126 Å². The number of esters is 1. The molecule has 118 valence electrons. The first-order valence-electron chi connectivity index (χ1n) is 8.54. The van der Waals surface area contributed by atoms with Gasteiger partial charge in [0.25, 0.3) is 0 Å². The van der Waals surface area contributed by atoms with E-state index in [9.17, 15) is 4.79 Å². The van der Waals surface area contributed by atoms with E-state index in [1.54, 1.807) is 0 Å². The molecule has 0 aromatic heterocycles. The summed E-state index contributed by atoms with van der Waals surface area (Å²) in [5, 5.41) is 0. The molecule has 0 amide bonds. The van der Waals surface area contributed by atoms with Gasteiger partial charge in [0.15, 0.2) is 0 Å². The van der Waals surface area contributed by atoms with E-state index in [0.29, 0.717) is 6.42 Å². The minimum atomic E-state index is -0.000519. The monoisotopic (exact) mass is 282 g/mol. The third-order valence-electron chi connectivity index (χ3n) is 3.67. The fourth-order valence-electron chi connectivity index (χ4n) is 2.30. The molecule has 1 atom stereocenters. The maximum atomic E-state index is 11.7. The normalized spacial score (nSPS) is 12.1. The lowest BCUT2D eigenvalue weighted by Gasteiger charge is -2.16. The molecule has 0 aromatic carbocycles. The number of rotatable bonds is 14. The second-order valence-electron chi connectivity index (χ2n) is 5.61. The maximum absolute atomic E-state index is 11.7. The van der Waals surface area contributed by atoms with Gasteiger partial charge in [0.1, 0.15) is 6.10 Å². The summed E-state index contributed by atoms with van der Waals surface area (Å²) in [6, 6.07) is 0. The van der Waals surface area contributed by atoms with Crippen molar-refractivity contribution in [2.75, 3.05) is 0 Å². The lowest BCUT2D eigenvalue weighted by atomic mass is 10.1. The highest BCUT2D eigenvalue weighted by Crippen LogP contribution is 2.13. The molecule has 0 fully saturated rings. The van der Waals surface area contributed by atoms with E-state index in [2.05, 4.69) is 20.4 Å². The van der Waals surface area contributed by atoms with E-state index < -0.39 is 0 Å². The smallest absolute Gasteiger partial charge is 0.306 e. The summed E-state index contributed by atoms with van der Waals surface area (Å²) in [5.74, 6) is -0.000519. The molecule has 1 unspecified atom stereocenters. The highest BCUT2D eigenvalue weighted by molar-refractivity contribution is 5.69. The molecule has 0 aliphatic carbocycles. The Balaban J connectivity index is 3.52. The predicted molar refractivity (Wildman–Crippen MR) is 86.8 cm³/mol. The first kappa shape index (κ1) is 19.2. The summed E-state index contributed by atoms with van der Waals surface area (Å²) in [4.78, 5) is 11.7. The molecule has 0 aliphatic rings. The number of carbonyl (C=O) groups is 1. The Bertz CT molecular complexity index is 236. The standard InChI is InChI=1S/C18H34O2/c1-4-7-9-10-11-12-14-16-18(19)20-17(6-3)15-13-8-5-2/h4,17H,1,5-16H2,2-3H3. The number of unbranched alkanes of at least 4 members (excludes halogenated alkanes) is 7. The summed E-state index contributed by atoms with van der Waals surface area (Å²) in [7, 11) is 0. The fraction of sp³-hybridized carbons (Fsp3) is 0.833. The molecule has 0 aliphatic heterocycles. The van der Waals surface area contributed by atoms with Crippen molar-refractivity contribution in [1.29, 1.82) is 0 Å². The molecular formula is C18H34O2. The zero-order valence-electron chi connectivity index (χ0n) is 13.7. The fourth-order valence-corrected chi connectivity index (χ4v) is 2.30. The van der Waals surface area contributed by atoms with Gasteiger partial charge < -0.3 is 4.74 Å². The van der Waals surface area contributed by atoms with Crippen LogP contribution in [0.3, 0.4) is 0 Å². The van der Waals surface area contributed by atoms with Crippen LogP contribution in [-0.4, -0.2) is 12.1 Å². The zero-order valence-corrected chi connectivity index (χ0v) is 13.7. The average molecular weight is 282 g/mol. The van der Waals surface area contributed by atoms with Crippen molar-refractivity contribution in [3.63, 3.8) is 0 Å². The number of hydrogen-bond donors (Lipinski definition) is 0. The third kappa shape index (κ3) is 12.3. The van der Waals surface area contributed by atoms with Crippen molar-refractivity contribution in [3.8, 4) is 0 Å². The van der Waals surface area contributed by atoms with Crippen molar-refractivity contribution in [2.24, 2.45) is 0 Å². The largest absolute Gasteiger partial charge is 0.462 e. The molecule has 0 aromatic rings. The maximum Gasteiger partial charge on any atom is 0.306 e. The minimum Gasteiger partial charge on any atom is -0.462 e. The van der Waals surface area contributed by atoms with E-state index in [1.807, 2.05) is 6.08 Å². The van der Waals surface area contributed by atoms with Crippen molar-refractivity contribution in [2.45, 2.75) is 97.0 Å². The molecule has 0 saturated carbocycles. The number of hydrogen-bond acceptors (Lipinski definition) is 2. The van der Waals surface area contributed by atoms with Crippen LogP contribution in [0, 0.1) is 0 Å². The van der Waals surface area contributed by atoms with Crippen LogP contribution in [0.25, 0.3) is 0 Å². The SMILES string of the molecule is C=CCCCCCCCC(=O)OC(CC)CCCCC. The number of ether oxygens (including phenoxy) is 1. The van der Waals surface area contributed by atoms with Gasteiger partial charge in [0, 0.05) is 6.42 Å². The highest BCUT2D eigenvalue weighted by Gasteiger charge is 2.11. The molecule has 0 N–H and O–H groups in total. The zero-order chi connectivity index (χ0) is 15.1. The Morgan fingerprint density at radius 2 is 1.75 bits per heavy atom. The van der Waals surface area contributed by atoms with E-state index in [-0.39, 0.29) is 12.1 Å². The van der Waals surface area contributed by atoms with Gasteiger partial charge in [-0.1, -0.05) is 52.0 Å². The van der Waals surface area contributed by atoms with Crippen molar-refractivity contribution >= 4 is 5.97 Å². The molecule has 2 heteroatoms. The van der Waals surface area contributed by atoms with Crippen LogP contribution < -0.4 is 0 Å². The lowest BCUT2D eigenvalue weighted by molar-refractivity contribution is -0.149. The van der Waals surface area contributed by atoms with Crippen molar-refractivity contribution < 1.29 is 9.53 Å². The second-order valence-corrected chi connectivity index (χ2v) is 5.61. The molecular weight excluding hydrogens is 248 g/mol. The van der Waals surface area contributed by atoms with E-state index in [4.69, 9.17) is 4.74 Å². The van der Waals surface area contributed by atoms with Crippen molar-refractivity contribution in [1.82, 2.24) is 0 Å². The quantitative estimate of drug-likeness (QED) is 0.228. The van der Waals surface area contributed by atoms with Gasteiger partial charge in [-0.25, -0.2) is 0 Å². The van der Waals surface area contributed by atoms with Gasteiger partial charge in [0.05, 0.1) is 0 Å². The Hall–Kier alpha value is -0.790. The van der Waals surface area contributed by atoms with Crippen LogP contribution in [0.15, 0.2) is 12.7 Å². The second kappa shape index (κ2) is 14.6. The Kier molecular flexibility index (Phi) is 14.0. The van der Waals surface area contributed by atoms with Gasteiger partial charge in [-0.2, -0.15) is 0 Å². The van der Waals surface area contributed by atoms with Crippen LogP contribution in [0.5, 0.6) is 0 Å². The summed E-state index contributed by atoms with van der Waals surface area (Å²) in [5.41, 5.74) is 0. The molecule has 0 spiro atoms. The topological polar surface area (TPSA) is 26.3 Å². The average Bonchev–Trinajstić information content (AvgIpc) is 2.45. The van der Waals surface area contributed by atoms with E-state index >= 15 is 0 Å². The van der Waals surface area contributed by atoms with Gasteiger partial charge in [-0.05, 0) is 38.5 Å². The molecule has 2 nitrogen and oxygen atoms in total. The van der Waals surface area contributed by atoms with Gasteiger partial charge >= 0.3 is 5.97 Å². The van der Waals surface area contributed by atoms with Crippen LogP contribution >= 0.6 is 0 Å². The molecule has 0 heterocycles. The van der Waals surface area contributed by atoms with Crippen LogP contribution in [0.4, 0.5) is 0 Å². The minimum absolute atomic E-state index is 0.000519. The molecule has 0 saturated heterocycles. The van der Waals surface area contributed by atoms with Crippen LogP contribution in [0.1, 0.15) is 90.9 Å². The summed E-state index contributed by atoms with van der Waals surface area (Å²) in [6.07, 6.45) is 15.2. The molecule has 0 bridgehead atoms. The summed E-state index contributed by atoms with van der Waals surface area (Å²) in [6.45, 7) is 8.02. The Morgan fingerprint density at radius 3 is 2.40 bits per heavy atom. The van der Waals surface area contributed by atoms with E-state index in [1.165, 1.54) is 38.5 Å². The number of allylic oxidation sites excluding steroid dienone is 1. The van der Waals surface area contributed by atoms with Gasteiger partial charge in [-0.15, -0.1) is 6.58 Å². The first-order valence-corrected chi connectivity index (χ1v) is 8.54. The number of carbonyl (C=O) groups excluding carboxylic acids is 1. The summed E-state index contributed by atoms with van der Waals surface area (Å²) < 4.78 is 5.54. The van der Waals surface area contributed by atoms with E-state index in [0.717, 1.165) is 32.1 Å². The Morgan fingerprint density at radius 1 is 1.05 bits per heavy atom. The van der Waals surface area contributed by atoms with Gasteiger partial charge in [0.2, 0.25) is 0 Å². The molecule has 0 radical (unpaired) electrons. The highest BCUT2D eigenvalue weighted by atomic mass is 16.5. The predicted octanol–water partition coefficient (Wildman–Crippen LogP) is 5.81. The third-order valence-corrected chi connectivity index (χ3v) is 3.67. The first-order chi connectivity index (χ1) is 9.74.